The molecule has 6 nitrogen and oxygen atoms in total. The molecule has 164 valence electrons. The zero-order valence-electron chi connectivity index (χ0n) is 17.4. The molecule has 2 aromatic carbocycles. The summed E-state index contributed by atoms with van der Waals surface area (Å²) in [6, 6.07) is 13.9. The molecule has 5 rings (SSSR count). The fourth-order valence-electron chi connectivity index (χ4n) is 4.10. The number of anilines is 2. The number of rotatable bonds is 6. The molecule has 1 aliphatic rings. The summed E-state index contributed by atoms with van der Waals surface area (Å²) in [5.41, 5.74) is 1.75. The average molecular weight is 452 g/mol. The highest BCUT2D eigenvalue weighted by molar-refractivity contribution is 6.36. The first-order valence-corrected chi connectivity index (χ1v) is 11.0. The second-order valence-electron chi connectivity index (χ2n) is 7.96. The molecule has 1 fully saturated rings. The molecule has 2 aromatic heterocycles. The van der Waals surface area contributed by atoms with Crippen LogP contribution in [-0.2, 0) is 0 Å². The van der Waals surface area contributed by atoms with Gasteiger partial charge < -0.3 is 19.9 Å². The third-order valence-electron chi connectivity index (χ3n) is 5.78. The number of hydrogen-bond donors (Lipinski definition) is 2. The van der Waals surface area contributed by atoms with Gasteiger partial charge in [0, 0.05) is 43.7 Å². The van der Waals surface area contributed by atoms with Crippen LogP contribution in [0.15, 0.2) is 61.1 Å². The summed E-state index contributed by atoms with van der Waals surface area (Å²) in [6.07, 6.45) is 5.45. The summed E-state index contributed by atoms with van der Waals surface area (Å²) in [7, 11) is 0. The summed E-state index contributed by atoms with van der Waals surface area (Å²) in [4.78, 5) is 14.1. The third-order valence-corrected chi connectivity index (χ3v) is 6.07. The number of benzene rings is 2. The molecule has 0 aliphatic carbocycles. The summed E-state index contributed by atoms with van der Waals surface area (Å²) in [6.45, 7) is 2.72. The number of H-pyrrole nitrogens is 1. The van der Waals surface area contributed by atoms with E-state index >= 15 is 0 Å². The summed E-state index contributed by atoms with van der Waals surface area (Å²) < 4.78 is 19.2. The topological polar surface area (TPSA) is 66.1 Å². The van der Waals surface area contributed by atoms with Gasteiger partial charge >= 0.3 is 0 Å². The maximum Gasteiger partial charge on any atom is 0.144 e. The first kappa shape index (κ1) is 20.6. The molecule has 32 heavy (non-hydrogen) atoms. The van der Waals surface area contributed by atoms with Gasteiger partial charge in [-0.3, -0.25) is 0 Å². The second kappa shape index (κ2) is 9.04. The van der Waals surface area contributed by atoms with E-state index in [1.54, 1.807) is 24.7 Å². The Kier molecular flexibility index (Phi) is 5.81. The molecule has 0 radical (unpaired) electrons. The van der Waals surface area contributed by atoms with Crippen molar-refractivity contribution in [1.29, 1.82) is 0 Å². The van der Waals surface area contributed by atoms with E-state index in [2.05, 4.69) is 25.2 Å². The van der Waals surface area contributed by atoms with Crippen LogP contribution >= 0.6 is 11.6 Å². The number of nitrogens with one attached hydrogen (secondary N) is 2. The Morgan fingerprint density at radius 2 is 1.88 bits per heavy atom. The molecule has 4 aromatic rings. The van der Waals surface area contributed by atoms with Crippen LogP contribution < -0.4 is 15.0 Å². The van der Waals surface area contributed by atoms with Gasteiger partial charge in [-0.05, 0) is 43.0 Å². The quantitative estimate of drug-likeness (QED) is 0.383. The Morgan fingerprint density at radius 3 is 2.69 bits per heavy atom. The van der Waals surface area contributed by atoms with E-state index in [4.69, 9.17) is 16.3 Å². The predicted molar refractivity (Wildman–Crippen MR) is 125 cm³/mol. The molecule has 1 saturated heterocycles. The number of piperidine rings is 1. The molecule has 2 N–H and O–H groups in total. The first-order valence-electron chi connectivity index (χ1n) is 10.7. The molecule has 8 heteroatoms. The van der Waals surface area contributed by atoms with E-state index in [9.17, 15) is 4.39 Å². The highest BCUT2D eigenvalue weighted by Crippen LogP contribution is 2.32. The van der Waals surface area contributed by atoms with Gasteiger partial charge in [-0.25, -0.2) is 14.4 Å². The maximum absolute atomic E-state index is 13.4. The van der Waals surface area contributed by atoms with Crippen molar-refractivity contribution >= 4 is 34.1 Å². The molecule has 0 amide bonds. The molecule has 1 aliphatic heterocycles. The van der Waals surface area contributed by atoms with Crippen molar-refractivity contribution in [2.24, 2.45) is 5.92 Å². The minimum atomic E-state index is -0.315. The highest BCUT2D eigenvalue weighted by Gasteiger charge is 2.23. The van der Waals surface area contributed by atoms with Crippen molar-refractivity contribution in [2.75, 3.05) is 29.9 Å². The number of hydrogen-bond acceptors (Lipinski definition) is 5. The molecule has 0 unspecified atom stereocenters. The fraction of sp³-hybridized carbons (Fsp3) is 0.250. The van der Waals surface area contributed by atoms with E-state index in [1.807, 2.05) is 24.3 Å². The number of aromatic nitrogens is 3. The van der Waals surface area contributed by atoms with Crippen molar-refractivity contribution in [3.8, 4) is 11.5 Å². The maximum atomic E-state index is 13.4. The average Bonchev–Trinajstić information content (AvgIpc) is 3.19. The summed E-state index contributed by atoms with van der Waals surface area (Å²) in [5.74, 6) is 2.29. The standard InChI is InChI=1S/C24H23ClFN5O/c25-21-14-28-23-22(21)24(30-15-29-23)31-9-7-16(8-10-31)13-27-18-4-2-6-20(12-18)32-19-5-1-3-17(26)11-19/h1-6,11-12,14-16,27H,7-10,13H2,(H,28,29,30). The van der Waals surface area contributed by atoms with Crippen molar-refractivity contribution in [1.82, 2.24) is 15.0 Å². The monoisotopic (exact) mass is 451 g/mol. The number of aromatic amines is 1. The summed E-state index contributed by atoms with van der Waals surface area (Å²) in [5, 5.41) is 5.06. The van der Waals surface area contributed by atoms with Crippen LogP contribution in [0.1, 0.15) is 12.8 Å². The van der Waals surface area contributed by atoms with E-state index in [1.165, 1.54) is 12.1 Å². The SMILES string of the molecule is Fc1cccc(Oc2cccc(NCC3CCN(c4ncnc5[nH]cc(Cl)c45)CC3)c2)c1. The van der Waals surface area contributed by atoms with Gasteiger partial charge in [0.1, 0.15) is 35.1 Å². The molecular formula is C24H23ClFN5O. The van der Waals surface area contributed by atoms with Gasteiger partial charge in [0.25, 0.3) is 0 Å². The van der Waals surface area contributed by atoms with Crippen LogP contribution in [0, 0.1) is 11.7 Å². The smallest absolute Gasteiger partial charge is 0.144 e. The Labute approximate surface area is 190 Å². The Bertz CT molecular complexity index is 1220. The Balaban J connectivity index is 1.17. The van der Waals surface area contributed by atoms with Gasteiger partial charge in [-0.15, -0.1) is 0 Å². The molecule has 0 atom stereocenters. The van der Waals surface area contributed by atoms with E-state index in [0.717, 1.165) is 55.0 Å². The van der Waals surface area contributed by atoms with Crippen LogP contribution in [0.5, 0.6) is 11.5 Å². The van der Waals surface area contributed by atoms with Crippen LogP contribution in [0.4, 0.5) is 15.9 Å². The lowest BCUT2D eigenvalue weighted by atomic mass is 9.96. The molecule has 0 saturated carbocycles. The number of ether oxygens (including phenoxy) is 1. The van der Waals surface area contributed by atoms with E-state index in [0.29, 0.717) is 22.4 Å². The van der Waals surface area contributed by atoms with Crippen LogP contribution in [0.2, 0.25) is 5.02 Å². The molecule has 0 spiro atoms. The Morgan fingerprint density at radius 1 is 1.09 bits per heavy atom. The van der Waals surface area contributed by atoms with Gasteiger partial charge in [0.2, 0.25) is 0 Å². The molecule has 3 heterocycles. The largest absolute Gasteiger partial charge is 0.457 e. The van der Waals surface area contributed by atoms with Gasteiger partial charge in [-0.1, -0.05) is 23.7 Å². The van der Waals surface area contributed by atoms with Crippen molar-refractivity contribution in [2.45, 2.75) is 12.8 Å². The molecule has 0 bridgehead atoms. The lowest BCUT2D eigenvalue weighted by molar-refractivity contribution is 0.422. The lowest BCUT2D eigenvalue weighted by Crippen LogP contribution is -2.36. The minimum absolute atomic E-state index is 0.315. The lowest BCUT2D eigenvalue weighted by Gasteiger charge is -2.33. The van der Waals surface area contributed by atoms with Crippen molar-refractivity contribution in [3.05, 3.63) is 71.9 Å². The van der Waals surface area contributed by atoms with Crippen LogP contribution in [0.25, 0.3) is 11.0 Å². The highest BCUT2D eigenvalue weighted by atomic mass is 35.5. The van der Waals surface area contributed by atoms with Crippen molar-refractivity contribution in [3.63, 3.8) is 0 Å². The van der Waals surface area contributed by atoms with Crippen LogP contribution in [0.3, 0.4) is 0 Å². The van der Waals surface area contributed by atoms with E-state index in [-0.39, 0.29) is 5.82 Å². The van der Waals surface area contributed by atoms with Crippen LogP contribution in [-0.4, -0.2) is 34.6 Å². The number of nitrogens with zero attached hydrogens (tertiary/aromatic N) is 3. The number of halogens is 2. The number of fused-ring (bicyclic) bond motifs is 1. The van der Waals surface area contributed by atoms with E-state index < -0.39 is 0 Å². The Hall–Kier alpha value is -3.32. The van der Waals surface area contributed by atoms with Gasteiger partial charge in [0.15, 0.2) is 0 Å². The second-order valence-corrected chi connectivity index (χ2v) is 8.36. The fourth-order valence-corrected chi connectivity index (χ4v) is 4.33. The van der Waals surface area contributed by atoms with Gasteiger partial charge in [-0.2, -0.15) is 0 Å². The first-order chi connectivity index (χ1) is 15.7. The summed E-state index contributed by atoms with van der Waals surface area (Å²) >= 11 is 6.34. The predicted octanol–water partition coefficient (Wildman–Crippen LogP) is 5.87. The molecular weight excluding hydrogens is 429 g/mol. The normalized spacial score (nSPS) is 14.6. The zero-order valence-corrected chi connectivity index (χ0v) is 18.1. The third kappa shape index (κ3) is 4.48. The minimum Gasteiger partial charge on any atom is -0.457 e. The van der Waals surface area contributed by atoms with Gasteiger partial charge in [0.05, 0.1) is 10.4 Å². The zero-order chi connectivity index (χ0) is 21.9. The van der Waals surface area contributed by atoms with Crippen molar-refractivity contribution < 1.29 is 9.13 Å².